The van der Waals surface area contributed by atoms with Gasteiger partial charge in [0.25, 0.3) is 0 Å². The van der Waals surface area contributed by atoms with Gasteiger partial charge >= 0.3 is 11.9 Å². The Labute approximate surface area is 628 Å². The molecule has 11 rings (SSSR count). The maximum absolute atomic E-state index is 15.3. The SMILES string of the molecule is COC(=O)c1ccc(Cn2c3ccc2C(=C2C=C(C(C)(C)C)C(=O)C(C(C)(C)C)=C2)c2ccc([nH]2)C(=C2C=C(C(C)(C)C)C(=O)C(C(C)(C)C)=C2)c2ccc(n2Cc2ccc(C(=O)OC)cc2)C(=C2C=C(C(C)(C)C)C(=O)C(C(C)(C)C)=C2)c2ccc([nH]2)C3=C2C=C(C(C)(C)C)C(=O)C(C(C)(C)C)=C2)cc1. The number of methoxy groups -OCH3 is 2. The Kier molecular flexibility index (Phi) is 19.8. The molecule has 2 N–H and O–H groups in total. The van der Waals surface area contributed by atoms with E-state index in [1.54, 1.807) is 24.3 Å². The summed E-state index contributed by atoms with van der Waals surface area (Å²) in [5.74, 6) is -0.975. The molecule has 0 saturated carbocycles. The first-order valence-corrected chi connectivity index (χ1v) is 37.1. The van der Waals surface area contributed by atoms with Gasteiger partial charge in [0.2, 0.25) is 0 Å². The zero-order valence-electron chi connectivity index (χ0n) is 67.4. The van der Waals surface area contributed by atoms with E-state index in [9.17, 15) is 9.59 Å². The fourth-order valence-electron chi connectivity index (χ4n) is 14.9. The number of hydrogen-bond acceptors (Lipinski definition) is 8. The summed E-state index contributed by atoms with van der Waals surface area (Å²) < 4.78 is 15.1. The molecule has 0 saturated heterocycles. The third kappa shape index (κ3) is 14.9. The van der Waals surface area contributed by atoms with E-state index in [2.05, 4.69) is 282 Å². The van der Waals surface area contributed by atoms with Gasteiger partial charge in [-0.2, -0.15) is 0 Å². The van der Waals surface area contributed by atoms with E-state index in [0.29, 0.717) is 55.7 Å². The van der Waals surface area contributed by atoms with E-state index in [1.807, 2.05) is 24.3 Å². The predicted molar refractivity (Wildman–Crippen MR) is 429 cm³/mol. The zero-order chi connectivity index (χ0) is 78.0. The lowest BCUT2D eigenvalue weighted by Crippen LogP contribution is -2.28. The van der Waals surface area contributed by atoms with Crippen LogP contribution in [-0.4, -0.2) is 68.4 Å². The van der Waals surface area contributed by atoms with Crippen molar-refractivity contribution >= 4 is 57.4 Å². The molecule has 4 aromatic heterocycles. The van der Waals surface area contributed by atoms with Gasteiger partial charge in [0.1, 0.15) is 0 Å². The molecular weight excluding hydrogens is 1310 g/mol. The van der Waals surface area contributed by atoms with Gasteiger partial charge in [-0.3, -0.25) is 19.2 Å². The molecule has 5 heterocycles. The van der Waals surface area contributed by atoms with Crippen LogP contribution in [0.1, 0.15) is 244 Å². The van der Waals surface area contributed by atoms with Gasteiger partial charge in [-0.15, -0.1) is 0 Å². The first-order valence-electron chi connectivity index (χ1n) is 37.1. The second-order valence-corrected chi connectivity index (χ2v) is 37.4. The number of carbonyl (C=O) groups is 6. The molecular formula is C94H108N4O8. The van der Waals surface area contributed by atoms with Crippen molar-refractivity contribution in [3.8, 4) is 0 Å². The first kappa shape index (κ1) is 77.2. The summed E-state index contributed by atoms with van der Waals surface area (Å²) >= 11 is 0. The van der Waals surface area contributed by atoms with E-state index in [-0.39, 0.29) is 36.2 Å². The van der Waals surface area contributed by atoms with Crippen LogP contribution in [0.15, 0.2) is 213 Å². The van der Waals surface area contributed by atoms with Crippen LogP contribution in [0.4, 0.5) is 0 Å². The Morgan fingerprint density at radius 3 is 0.623 bits per heavy atom. The highest BCUT2D eigenvalue weighted by atomic mass is 16.5. The van der Waals surface area contributed by atoms with Crippen LogP contribution in [0.25, 0.3) is 22.3 Å². The molecule has 0 amide bonds. The van der Waals surface area contributed by atoms with E-state index in [0.717, 1.165) is 101 Å². The van der Waals surface area contributed by atoms with Crippen molar-refractivity contribution in [2.24, 2.45) is 43.3 Å². The minimum atomic E-state index is -0.598. The maximum Gasteiger partial charge on any atom is 0.337 e. The molecule has 1 aliphatic heterocycles. The number of rotatable bonds is 6. The first-order chi connectivity index (χ1) is 49.0. The van der Waals surface area contributed by atoms with Crippen LogP contribution in [0, 0.1) is 43.3 Å². The average molecular weight is 1420 g/mol. The Hall–Kier alpha value is -9.94. The standard InChI is InChI=1S/C94H108N4O8/c1-87(2,3)61-43-57(44-62(81(61)99)88(4,5)6)77-69-35-36-70(95-69)78(58-45-63(89(7,8)9)82(100)64(46-58)90(10,11)12)75-41-42-76(98(75)52-54-29-33-56(34-30-54)86(104)106-26)80(60-49-67(93(19,20)21)84(102)68(50-60)94(22,23)24)72-38-37-71(96-72)79(59-47-65(91(13,14)15)83(101)66(48-59)92(16,17)18)74-40-39-73(77)97(74)51-53-27-31-55(32-28-53)85(103)105-25/h27-50,95-96H,51-52H2,1-26H3. The van der Waals surface area contributed by atoms with E-state index < -0.39 is 55.3 Å². The molecule has 6 aromatic rings. The fraction of sp³-hybridized carbons (Fsp3) is 0.383. The Balaban J connectivity index is 1.44. The van der Waals surface area contributed by atoms with Crippen molar-refractivity contribution in [1.29, 1.82) is 0 Å². The zero-order valence-corrected chi connectivity index (χ0v) is 67.4. The number of fused-ring (bicyclic) bond motifs is 8. The molecule has 0 radical (unpaired) electrons. The van der Waals surface area contributed by atoms with Gasteiger partial charge in [0.05, 0.1) is 48.1 Å². The smallest absolute Gasteiger partial charge is 0.337 e. The molecule has 5 aliphatic rings. The van der Waals surface area contributed by atoms with Crippen LogP contribution in [0.2, 0.25) is 0 Å². The largest absolute Gasteiger partial charge is 0.465 e. The number of H-pyrrole nitrogens is 2. The monoisotopic (exact) mass is 1420 g/mol. The van der Waals surface area contributed by atoms with Crippen LogP contribution in [-0.2, 0) is 41.7 Å². The van der Waals surface area contributed by atoms with Gasteiger partial charge in [0, 0.05) is 103 Å². The number of allylic oxidation sites excluding steroid dienone is 20. The molecule has 12 heteroatoms. The van der Waals surface area contributed by atoms with Gasteiger partial charge in [-0.25, -0.2) is 9.59 Å². The van der Waals surface area contributed by atoms with Crippen LogP contribution in [0.5, 0.6) is 0 Å². The Morgan fingerprint density at radius 2 is 0.462 bits per heavy atom. The predicted octanol–water partition coefficient (Wildman–Crippen LogP) is 21.2. The lowest BCUT2D eigenvalue weighted by molar-refractivity contribution is -0.114. The van der Waals surface area contributed by atoms with Gasteiger partial charge < -0.3 is 28.6 Å². The summed E-state index contributed by atoms with van der Waals surface area (Å²) in [5, 5.41) is 0. The van der Waals surface area contributed by atoms with E-state index in [4.69, 9.17) is 9.47 Å². The quantitative estimate of drug-likeness (QED) is 0.156. The number of carbonyl (C=O) groups excluding carboxylic acids is 6. The maximum atomic E-state index is 15.3. The molecule has 8 bridgehead atoms. The topological polar surface area (TPSA) is 162 Å². The third-order valence-corrected chi connectivity index (χ3v) is 20.8. The number of hydrogen-bond donors (Lipinski definition) is 2. The highest BCUT2D eigenvalue weighted by molar-refractivity contribution is 6.16. The van der Waals surface area contributed by atoms with Crippen LogP contribution in [0.3, 0.4) is 0 Å². The lowest BCUT2D eigenvalue weighted by Gasteiger charge is -2.32. The summed E-state index contributed by atoms with van der Waals surface area (Å²) in [6.45, 7) is 50.6. The minimum absolute atomic E-state index is 0.0153. The molecule has 0 spiro atoms. The number of Topliss-reactive ketones (excluding diaryl/α,β-unsaturated/α-hetero) is 4. The van der Waals surface area contributed by atoms with Gasteiger partial charge in [-0.1, -0.05) is 190 Å². The number of aromatic amines is 2. The number of nitrogens with one attached hydrogen (secondary N) is 2. The summed E-state index contributed by atoms with van der Waals surface area (Å²) in [5.41, 5.74) is 15.5. The van der Waals surface area contributed by atoms with Gasteiger partial charge in [-0.05, 0) is 198 Å². The highest BCUT2D eigenvalue weighted by Crippen LogP contribution is 2.50. The summed E-state index contributed by atoms with van der Waals surface area (Å²) in [7, 11) is 2.76. The van der Waals surface area contributed by atoms with Crippen LogP contribution < -0.4 is 0 Å². The van der Waals surface area contributed by atoms with Crippen molar-refractivity contribution in [3.63, 3.8) is 0 Å². The normalized spacial score (nSPS) is 16.9. The summed E-state index contributed by atoms with van der Waals surface area (Å²) in [6.07, 6.45) is 16.6. The number of aromatic nitrogens is 4. The number of benzene rings is 2. The van der Waals surface area contributed by atoms with Gasteiger partial charge in [0.15, 0.2) is 23.1 Å². The van der Waals surface area contributed by atoms with Crippen LogP contribution >= 0.6 is 0 Å². The van der Waals surface area contributed by atoms with Crippen molar-refractivity contribution in [2.75, 3.05) is 14.2 Å². The molecule has 12 nitrogen and oxygen atoms in total. The minimum Gasteiger partial charge on any atom is -0.465 e. The molecule has 2 aromatic carbocycles. The molecule has 4 aliphatic carbocycles. The van der Waals surface area contributed by atoms with Crippen molar-refractivity contribution < 1.29 is 38.2 Å². The Morgan fingerprint density at radius 1 is 0.283 bits per heavy atom. The second kappa shape index (κ2) is 27.1. The number of esters is 2. The molecule has 106 heavy (non-hydrogen) atoms. The number of ketones is 4. The van der Waals surface area contributed by atoms with E-state index in [1.165, 1.54) is 14.2 Å². The lowest BCUT2D eigenvalue weighted by atomic mass is 9.71. The van der Waals surface area contributed by atoms with E-state index >= 15 is 19.2 Å². The van der Waals surface area contributed by atoms with Crippen molar-refractivity contribution in [2.45, 2.75) is 179 Å². The summed E-state index contributed by atoms with van der Waals surface area (Å²) in [6, 6.07) is 32.2. The number of ether oxygens (including phenoxy) is 2. The van der Waals surface area contributed by atoms with Crippen molar-refractivity contribution in [1.82, 2.24) is 19.1 Å². The molecule has 0 unspecified atom stereocenters. The van der Waals surface area contributed by atoms with Crippen molar-refractivity contribution in [3.05, 3.63) is 280 Å². The summed E-state index contributed by atoms with van der Waals surface area (Å²) in [4.78, 5) is 95.8. The number of nitrogens with zero attached hydrogens (tertiary/aromatic N) is 2. The molecule has 0 atom stereocenters. The average Bonchev–Trinajstić information content (AvgIpc) is 1.56. The third-order valence-electron chi connectivity index (χ3n) is 20.8. The molecule has 552 valence electrons. The Bertz CT molecular complexity index is 4410. The highest BCUT2D eigenvalue weighted by Gasteiger charge is 2.42. The molecule has 0 fully saturated rings. The fourth-order valence-corrected chi connectivity index (χ4v) is 14.9. The second-order valence-electron chi connectivity index (χ2n) is 37.4.